The number of ether oxygens (including phenoxy) is 1. The number of hydrogen-bond donors (Lipinski definition) is 3. The molecular weight excluding hydrogens is 328 g/mol. The van der Waals surface area contributed by atoms with Crippen LogP contribution in [0.25, 0.3) is 0 Å². The number of morpholine rings is 1. The summed E-state index contributed by atoms with van der Waals surface area (Å²) in [6.45, 7) is 7.42. The normalized spacial score (nSPS) is 14.1. The quantitative estimate of drug-likeness (QED) is 0.525. The number of rotatable bonds is 5. The molecule has 25 heavy (non-hydrogen) atoms. The molecule has 0 bridgehead atoms. The van der Waals surface area contributed by atoms with Gasteiger partial charge in [0.1, 0.15) is 0 Å². The molecule has 0 spiro atoms. The fraction of sp³-hybridized carbons (Fsp3) is 0.471. The molecule has 1 saturated heterocycles. The Balaban J connectivity index is 0.000000450. The van der Waals surface area contributed by atoms with Gasteiger partial charge >= 0.3 is 11.9 Å². The predicted octanol–water partition coefficient (Wildman–Crippen LogP) is 0.603. The van der Waals surface area contributed by atoms with Crippen molar-refractivity contribution in [2.24, 2.45) is 0 Å². The van der Waals surface area contributed by atoms with Crippen LogP contribution in [0.5, 0.6) is 0 Å². The first-order valence-electron chi connectivity index (χ1n) is 8.01. The molecule has 0 unspecified atom stereocenters. The maximum Gasteiger partial charge on any atom is 0.414 e. The van der Waals surface area contributed by atoms with Gasteiger partial charge in [-0.2, -0.15) is 0 Å². The van der Waals surface area contributed by atoms with E-state index in [2.05, 4.69) is 10.2 Å². The fourth-order valence-corrected chi connectivity index (χ4v) is 2.22. The molecule has 0 saturated carbocycles. The summed E-state index contributed by atoms with van der Waals surface area (Å²) in [5.41, 5.74) is 1.85. The number of nitrogens with one attached hydrogen (secondary N) is 1. The zero-order chi connectivity index (χ0) is 18.7. The first kappa shape index (κ1) is 20.6. The van der Waals surface area contributed by atoms with E-state index in [0.717, 1.165) is 56.9 Å². The average Bonchev–Trinajstić information content (AvgIpc) is 2.60. The van der Waals surface area contributed by atoms with Crippen molar-refractivity contribution in [3.8, 4) is 0 Å². The second kappa shape index (κ2) is 11.2. The van der Waals surface area contributed by atoms with E-state index in [0.29, 0.717) is 0 Å². The molecule has 1 aliphatic rings. The van der Waals surface area contributed by atoms with Crippen LogP contribution in [0, 0.1) is 6.92 Å². The molecule has 8 heteroatoms. The minimum Gasteiger partial charge on any atom is -0.473 e. The van der Waals surface area contributed by atoms with E-state index in [1.807, 2.05) is 31.2 Å². The maximum atomic E-state index is 11.9. The molecule has 0 aromatic heterocycles. The average molecular weight is 352 g/mol. The van der Waals surface area contributed by atoms with Crippen LogP contribution in [-0.2, 0) is 14.3 Å². The number of hydrogen-bond acceptors (Lipinski definition) is 5. The first-order valence-corrected chi connectivity index (χ1v) is 8.01. The third-order valence-corrected chi connectivity index (χ3v) is 3.50. The van der Waals surface area contributed by atoms with Crippen LogP contribution >= 0.6 is 0 Å². The van der Waals surface area contributed by atoms with Crippen molar-refractivity contribution < 1.29 is 29.3 Å². The molecule has 8 nitrogen and oxygen atoms in total. The van der Waals surface area contributed by atoms with Gasteiger partial charge in [0.2, 0.25) is 0 Å². The van der Waals surface area contributed by atoms with Crippen LogP contribution in [0.3, 0.4) is 0 Å². The largest absolute Gasteiger partial charge is 0.473 e. The van der Waals surface area contributed by atoms with Gasteiger partial charge < -0.3 is 20.3 Å². The molecule has 1 aliphatic heterocycles. The highest BCUT2D eigenvalue weighted by molar-refractivity contribution is 6.27. The third-order valence-electron chi connectivity index (χ3n) is 3.50. The molecule has 0 radical (unpaired) electrons. The maximum absolute atomic E-state index is 11.9. The monoisotopic (exact) mass is 352 g/mol. The summed E-state index contributed by atoms with van der Waals surface area (Å²) in [5.74, 6) is -3.63. The van der Waals surface area contributed by atoms with Gasteiger partial charge in [-0.15, -0.1) is 0 Å². The van der Waals surface area contributed by atoms with Gasteiger partial charge in [-0.1, -0.05) is 17.7 Å². The fourth-order valence-electron chi connectivity index (χ4n) is 2.22. The summed E-state index contributed by atoms with van der Waals surface area (Å²) in [7, 11) is 0. The number of nitrogens with zero attached hydrogens (tertiary/aromatic N) is 1. The lowest BCUT2D eigenvalue weighted by atomic mass is 10.1. The van der Waals surface area contributed by atoms with Gasteiger partial charge in [0.15, 0.2) is 0 Å². The Kier molecular flexibility index (Phi) is 9.20. The number of carbonyl (C=O) groups is 3. The summed E-state index contributed by atoms with van der Waals surface area (Å²) < 4.78 is 5.30. The molecular formula is C17H24N2O6. The van der Waals surface area contributed by atoms with Crippen molar-refractivity contribution in [2.45, 2.75) is 13.3 Å². The summed E-state index contributed by atoms with van der Waals surface area (Å²) in [4.78, 5) is 32.5. The molecule has 2 rings (SSSR count). The van der Waals surface area contributed by atoms with E-state index in [-0.39, 0.29) is 5.91 Å². The van der Waals surface area contributed by atoms with Crippen molar-refractivity contribution in [1.29, 1.82) is 0 Å². The lowest BCUT2D eigenvalue weighted by Gasteiger charge is -2.26. The van der Waals surface area contributed by atoms with Crippen molar-refractivity contribution >= 4 is 17.8 Å². The topological polar surface area (TPSA) is 116 Å². The number of carboxylic acids is 2. The Labute approximate surface area is 146 Å². The number of benzene rings is 1. The van der Waals surface area contributed by atoms with E-state index < -0.39 is 11.9 Å². The number of aliphatic carboxylic acids is 2. The van der Waals surface area contributed by atoms with Gasteiger partial charge in [-0.25, -0.2) is 9.59 Å². The standard InChI is InChI=1S/C15H22N2O2.C2H2O4/c1-13-4-2-5-14(12-13)15(18)16-6-3-7-17-8-10-19-11-9-17;3-1(4)2(5)6/h2,4-5,12H,3,6-11H2,1H3,(H,16,18);(H,3,4)(H,5,6). The van der Waals surface area contributed by atoms with Crippen molar-refractivity contribution in [3.05, 3.63) is 35.4 Å². The first-order chi connectivity index (χ1) is 11.9. The SMILES string of the molecule is Cc1cccc(C(=O)NCCCN2CCOCC2)c1.O=C(O)C(=O)O. The van der Waals surface area contributed by atoms with Gasteiger partial charge in [0, 0.05) is 25.2 Å². The van der Waals surface area contributed by atoms with Crippen molar-refractivity contribution in [2.75, 3.05) is 39.4 Å². The Morgan fingerprint density at radius 1 is 1.16 bits per heavy atom. The zero-order valence-corrected chi connectivity index (χ0v) is 14.2. The van der Waals surface area contributed by atoms with E-state index >= 15 is 0 Å². The molecule has 138 valence electrons. The molecule has 1 aromatic carbocycles. The number of carboxylic acid groups (broad SMARTS) is 2. The Morgan fingerprint density at radius 3 is 2.36 bits per heavy atom. The minimum atomic E-state index is -1.82. The van der Waals surface area contributed by atoms with E-state index in [1.54, 1.807) is 0 Å². The number of carbonyl (C=O) groups excluding carboxylic acids is 1. The van der Waals surface area contributed by atoms with E-state index in [1.165, 1.54) is 0 Å². The van der Waals surface area contributed by atoms with Gasteiger partial charge in [0.25, 0.3) is 5.91 Å². The molecule has 1 aromatic rings. The third kappa shape index (κ3) is 8.83. The van der Waals surface area contributed by atoms with E-state index in [4.69, 9.17) is 24.5 Å². The molecule has 0 atom stereocenters. The van der Waals surface area contributed by atoms with Crippen LogP contribution in [0.4, 0.5) is 0 Å². The number of aryl methyl sites for hydroxylation is 1. The van der Waals surface area contributed by atoms with Gasteiger partial charge in [-0.3, -0.25) is 9.69 Å². The molecule has 1 fully saturated rings. The summed E-state index contributed by atoms with van der Waals surface area (Å²) in [5, 5.41) is 17.8. The molecule has 0 aliphatic carbocycles. The second-order valence-electron chi connectivity index (χ2n) is 5.54. The van der Waals surface area contributed by atoms with E-state index in [9.17, 15) is 4.79 Å². The van der Waals surface area contributed by atoms with Crippen LogP contribution in [0.1, 0.15) is 22.3 Å². The molecule has 1 amide bonds. The van der Waals surface area contributed by atoms with Crippen molar-refractivity contribution in [3.63, 3.8) is 0 Å². The lowest BCUT2D eigenvalue weighted by molar-refractivity contribution is -0.159. The lowest BCUT2D eigenvalue weighted by Crippen LogP contribution is -2.38. The van der Waals surface area contributed by atoms with Crippen molar-refractivity contribution in [1.82, 2.24) is 10.2 Å². The number of amides is 1. The van der Waals surface area contributed by atoms with Crippen LogP contribution in [0.15, 0.2) is 24.3 Å². The molecule has 3 N–H and O–H groups in total. The summed E-state index contributed by atoms with van der Waals surface area (Å²) in [6.07, 6.45) is 0.984. The highest BCUT2D eigenvalue weighted by Gasteiger charge is 2.10. The van der Waals surface area contributed by atoms with Gasteiger partial charge in [-0.05, 0) is 32.0 Å². The molecule has 1 heterocycles. The Hall–Kier alpha value is -2.45. The minimum absolute atomic E-state index is 0.0191. The van der Waals surface area contributed by atoms with Crippen LogP contribution < -0.4 is 5.32 Å². The van der Waals surface area contributed by atoms with Crippen LogP contribution in [-0.4, -0.2) is 72.4 Å². The summed E-state index contributed by atoms with van der Waals surface area (Å²) >= 11 is 0. The van der Waals surface area contributed by atoms with Crippen LogP contribution in [0.2, 0.25) is 0 Å². The predicted molar refractivity (Wildman–Crippen MR) is 90.7 cm³/mol. The summed E-state index contributed by atoms with van der Waals surface area (Å²) in [6, 6.07) is 7.68. The Bertz CT molecular complexity index is 572. The highest BCUT2D eigenvalue weighted by atomic mass is 16.5. The Morgan fingerprint density at radius 2 is 1.80 bits per heavy atom. The second-order valence-corrected chi connectivity index (χ2v) is 5.54. The zero-order valence-electron chi connectivity index (χ0n) is 14.2. The smallest absolute Gasteiger partial charge is 0.414 e. The van der Waals surface area contributed by atoms with Gasteiger partial charge in [0.05, 0.1) is 13.2 Å². The highest BCUT2D eigenvalue weighted by Crippen LogP contribution is 2.03.